The van der Waals surface area contributed by atoms with Crippen LogP contribution in [0.5, 0.6) is 0 Å². The number of hydrogen-bond donors (Lipinski definition) is 4. The molecular weight excluding hydrogens is 464 g/mol. The highest BCUT2D eigenvalue weighted by atomic mass is 16.4. The van der Waals surface area contributed by atoms with Gasteiger partial charge in [0, 0.05) is 0 Å². The number of carboxylic acid groups (broad SMARTS) is 2. The number of rotatable bonds is 7. The lowest BCUT2D eigenvalue weighted by molar-refractivity contribution is -0.140. The highest BCUT2D eigenvalue weighted by Crippen LogP contribution is 2.58. The van der Waals surface area contributed by atoms with Gasteiger partial charge in [0.25, 0.3) is 0 Å². The van der Waals surface area contributed by atoms with Gasteiger partial charge < -0.3 is 21.7 Å². The van der Waals surface area contributed by atoms with Crippen molar-refractivity contribution in [1.29, 1.82) is 0 Å². The van der Waals surface area contributed by atoms with E-state index >= 15 is 0 Å². The molecular formula is C31H52N2O4. The lowest BCUT2D eigenvalue weighted by atomic mass is 9.66. The number of benzene rings is 1. The van der Waals surface area contributed by atoms with E-state index in [1.807, 2.05) is 18.2 Å². The van der Waals surface area contributed by atoms with Crippen molar-refractivity contribution in [3.05, 3.63) is 35.9 Å². The Kier molecular flexibility index (Phi) is 10.0. The summed E-state index contributed by atoms with van der Waals surface area (Å²) < 4.78 is 0. The van der Waals surface area contributed by atoms with E-state index in [1.54, 1.807) is 0 Å². The van der Waals surface area contributed by atoms with E-state index in [0.29, 0.717) is 36.8 Å². The van der Waals surface area contributed by atoms with Crippen molar-refractivity contribution in [2.45, 2.75) is 92.9 Å². The second-order valence-electron chi connectivity index (χ2n) is 14.3. The molecule has 0 bridgehead atoms. The highest BCUT2D eigenvalue weighted by Gasteiger charge is 2.52. The monoisotopic (exact) mass is 516 g/mol. The third-order valence-corrected chi connectivity index (χ3v) is 9.26. The average Bonchev–Trinajstić information content (AvgIpc) is 3.33. The molecule has 0 aliphatic heterocycles. The normalized spacial score (nSPS) is 32.0. The van der Waals surface area contributed by atoms with Crippen LogP contribution >= 0.6 is 0 Å². The van der Waals surface area contributed by atoms with Gasteiger partial charge in [-0.3, -0.25) is 9.59 Å². The van der Waals surface area contributed by atoms with Gasteiger partial charge in [0.05, 0.1) is 12.8 Å². The van der Waals surface area contributed by atoms with Crippen LogP contribution in [0.3, 0.4) is 0 Å². The van der Waals surface area contributed by atoms with Crippen LogP contribution < -0.4 is 11.5 Å². The Labute approximate surface area is 224 Å². The summed E-state index contributed by atoms with van der Waals surface area (Å²) in [6.07, 6.45) is 4.10. The first-order chi connectivity index (χ1) is 17.0. The molecule has 0 heterocycles. The Balaban J connectivity index is 0.000000260. The van der Waals surface area contributed by atoms with E-state index in [9.17, 15) is 14.7 Å². The second kappa shape index (κ2) is 11.9. The predicted molar refractivity (Wildman–Crippen MR) is 150 cm³/mol. The molecule has 3 rings (SSSR count). The van der Waals surface area contributed by atoms with E-state index in [2.05, 4.69) is 60.6 Å². The summed E-state index contributed by atoms with van der Waals surface area (Å²) in [6, 6.07) is 10.4. The lowest BCUT2D eigenvalue weighted by Gasteiger charge is -2.39. The first kappa shape index (κ1) is 31.3. The molecule has 37 heavy (non-hydrogen) atoms. The first-order valence-electron chi connectivity index (χ1n) is 13.9. The maximum Gasteiger partial charge on any atom is 0.303 e. The number of nitrogens with two attached hydrogens (primary N) is 2. The van der Waals surface area contributed by atoms with Crippen LogP contribution in [0.4, 0.5) is 0 Å². The number of carbonyl (C=O) groups is 2. The SMILES string of the molecule is CC(C)(C)[C@@H]1CC(CN)(CC(=O)O)C[C@@H]1C(C)(C)C.CC1C[C@](CN)(CC(=O)O)CC1c1ccccc1. The molecule has 6 atom stereocenters. The lowest BCUT2D eigenvalue weighted by Crippen LogP contribution is -2.32. The molecule has 2 saturated carbocycles. The first-order valence-corrected chi connectivity index (χ1v) is 13.9. The van der Waals surface area contributed by atoms with Crippen molar-refractivity contribution in [3.8, 4) is 0 Å². The molecule has 0 amide bonds. The summed E-state index contributed by atoms with van der Waals surface area (Å²) in [5.41, 5.74) is 13.1. The van der Waals surface area contributed by atoms with Crippen LogP contribution in [0.2, 0.25) is 0 Å². The maximum absolute atomic E-state index is 11.2. The molecule has 210 valence electrons. The zero-order valence-corrected chi connectivity index (χ0v) is 24.2. The van der Waals surface area contributed by atoms with Crippen molar-refractivity contribution in [1.82, 2.24) is 0 Å². The fourth-order valence-electron chi connectivity index (χ4n) is 7.25. The fourth-order valence-corrected chi connectivity index (χ4v) is 7.25. The van der Waals surface area contributed by atoms with Crippen molar-refractivity contribution < 1.29 is 19.8 Å². The minimum atomic E-state index is -0.735. The van der Waals surface area contributed by atoms with Gasteiger partial charge in [-0.15, -0.1) is 0 Å². The van der Waals surface area contributed by atoms with Gasteiger partial charge in [0.2, 0.25) is 0 Å². The minimum Gasteiger partial charge on any atom is -0.481 e. The molecule has 0 saturated heterocycles. The molecule has 0 aromatic heterocycles. The van der Waals surface area contributed by atoms with Gasteiger partial charge >= 0.3 is 11.9 Å². The summed E-state index contributed by atoms with van der Waals surface area (Å²) in [6.45, 7) is 16.8. The predicted octanol–water partition coefficient (Wildman–Crippen LogP) is 6.14. The molecule has 3 unspecified atom stereocenters. The summed E-state index contributed by atoms with van der Waals surface area (Å²) in [5, 5.41) is 18.3. The van der Waals surface area contributed by atoms with E-state index in [0.717, 1.165) is 25.7 Å². The largest absolute Gasteiger partial charge is 0.481 e. The van der Waals surface area contributed by atoms with Gasteiger partial charge in [0.1, 0.15) is 0 Å². The van der Waals surface area contributed by atoms with E-state index in [1.165, 1.54) is 5.56 Å². The van der Waals surface area contributed by atoms with E-state index < -0.39 is 11.9 Å². The molecule has 2 aliphatic rings. The van der Waals surface area contributed by atoms with Crippen LogP contribution in [0.25, 0.3) is 0 Å². The van der Waals surface area contributed by atoms with Gasteiger partial charge in [-0.25, -0.2) is 0 Å². The Morgan fingerprint density at radius 2 is 1.19 bits per heavy atom. The minimum absolute atomic E-state index is 0.192. The highest BCUT2D eigenvalue weighted by molar-refractivity contribution is 5.68. The molecule has 1 aromatic rings. The average molecular weight is 517 g/mol. The van der Waals surface area contributed by atoms with Gasteiger partial charge in [-0.05, 0) is 89.7 Å². The van der Waals surface area contributed by atoms with Gasteiger partial charge in [-0.2, -0.15) is 0 Å². The molecule has 6 heteroatoms. The number of hydrogen-bond acceptors (Lipinski definition) is 4. The quantitative estimate of drug-likeness (QED) is 0.344. The molecule has 0 radical (unpaired) electrons. The van der Waals surface area contributed by atoms with Crippen LogP contribution in [-0.2, 0) is 9.59 Å². The molecule has 2 aliphatic carbocycles. The Hall–Kier alpha value is -1.92. The Morgan fingerprint density at radius 1 is 0.784 bits per heavy atom. The van der Waals surface area contributed by atoms with Gasteiger partial charge in [-0.1, -0.05) is 78.8 Å². The molecule has 2 fully saturated rings. The molecule has 0 spiro atoms. The molecule has 1 aromatic carbocycles. The van der Waals surface area contributed by atoms with Crippen molar-refractivity contribution in [2.24, 2.45) is 50.9 Å². The third kappa shape index (κ3) is 8.03. The smallest absolute Gasteiger partial charge is 0.303 e. The third-order valence-electron chi connectivity index (χ3n) is 9.26. The van der Waals surface area contributed by atoms with E-state index in [-0.39, 0.29) is 34.5 Å². The van der Waals surface area contributed by atoms with E-state index in [4.69, 9.17) is 16.6 Å². The summed E-state index contributed by atoms with van der Waals surface area (Å²) in [4.78, 5) is 22.2. The van der Waals surface area contributed by atoms with Crippen LogP contribution in [0.1, 0.15) is 98.5 Å². The molecule has 6 N–H and O–H groups in total. The van der Waals surface area contributed by atoms with Crippen molar-refractivity contribution in [2.75, 3.05) is 13.1 Å². The number of aliphatic carboxylic acids is 2. The van der Waals surface area contributed by atoms with Crippen LogP contribution in [-0.4, -0.2) is 35.2 Å². The topological polar surface area (TPSA) is 127 Å². The van der Waals surface area contributed by atoms with Gasteiger partial charge in [0.15, 0.2) is 0 Å². The maximum atomic E-state index is 11.2. The summed E-state index contributed by atoms with van der Waals surface area (Å²) >= 11 is 0. The zero-order valence-electron chi connectivity index (χ0n) is 24.2. The molecule has 6 nitrogen and oxygen atoms in total. The fraction of sp³-hybridized carbons (Fsp3) is 0.742. The Bertz CT molecular complexity index is 880. The standard InChI is InChI=1S/C16H31NO2.C15H21NO2/c1-14(2,3)11-7-16(10-17,9-13(18)19)8-12(11)15(4,5)6;1-11-7-15(10-16,9-14(17)18)8-13(11)12-5-3-2-4-6-12/h11-12H,7-10,17H2,1-6H3,(H,18,19);2-6,11,13H,7-10,16H2,1H3,(H,17,18)/t11-,12+,16?;11?,13?,15-/m.1/s1. The summed E-state index contributed by atoms with van der Waals surface area (Å²) in [7, 11) is 0. The second-order valence-corrected chi connectivity index (χ2v) is 14.3. The zero-order chi connectivity index (χ0) is 28.2. The Morgan fingerprint density at radius 3 is 1.54 bits per heavy atom. The van der Waals surface area contributed by atoms with Crippen molar-refractivity contribution >= 4 is 11.9 Å². The van der Waals surface area contributed by atoms with Crippen LogP contribution in [0.15, 0.2) is 30.3 Å². The van der Waals surface area contributed by atoms with Crippen molar-refractivity contribution in [3.63, 3.8) is 0 Å². The van der Waals surface area contributed by atoms with Crippen LogP contribution in [0, 0.1) is 39.4 Å². The summed E-state index contributed by atoms with van der Waals surface area (Å²) in [5.74, 6) is 0.559. The number of carboxylic acids is 2.